The van der Waals surface area contributed by atoms with E-state index in [1.165, 1.54) is 6.92 Å². The summed E-state index contributed by atoms with van der Waals surface area (Å²) in [5.41, 5.74) is -1.29. The number of ether oxygens (including phenoxy) is 1. The van der Waals surface area contributed by atoms with Crippen LogP contribution in [0.15, 0.2) is 6.20 Å². The van der Waals surface area contributed by atoms with Gasteiger partial charge in [-0.1, -0.05) is 0 Å². The van der Waals surface area contributed by atoms with Gasteiger partial charge < -0.3 is 9.84 Å². The molecule has 0 saturated heterocycles. The number of aromatic nitrogens is 1. The SMILES string of the molecule is Cc1ncc([N+](=O)[O-])c(OC(F)(F)F)c1CO. The van der Waals surface area contributed by atoms with E-state index in [9.17, 15) is 23.3 Å². The molecule has 0 saturated carbocycles. The van der Waals surface area contributed by atoms with Gasteiger partial charge in [0.05, 0.1) is 11.5 Å². The molecule has 0 aliphatic carbocycles. The molecule has 0 aromatic carbocycles. The molecular formula is C8H7F3N2O4. The van der Waals surface area contributed by atoms with E-state index in [1.807, 2.05) is 0 Å². The van der Waals surface area contributed by atoms with E-state index in [2.05, 4.69) is 9.72 Å². The van der Waals surface area contributed by atoms with Crippen molar-refractivity contribution in [3.63, 3.8) is 0 Å². The van der Waals surface area contributed by atoms with Crippen LogP contribution in [0.5, 0.6) is 5.75 Å². The zero-order valence-corrected chi connectivity index (χ0v) is 8.48. The number of halogens is 3. The van der Waals surface area contributed by atoms with Crippen LogP contribution in [-0.4, -0.2) is 21.4 Å². The van der Waals surface area contributed by atoms with Crippen molar-refractivity contribution in [2.75, 3.05) is 0 Å². The van der Waals surface area contributed by atoms with E-state index in [-0.39, 0.29) is 11.3 Å². The van der Waals surface area contributed by atoms with E-state index in [4.69, 9.17) is 5.11 Å². The maximum Gasteiger partial charge on any atom is 0.573 e. The Balaban J connectivity index is 3.39. The van der Waals surface area contributed by atoms with Gasteiger partial charge in [-0.25, -0.2) is 0 Å². The molecule has 1 heterocycles. The van der Waals surface area contributed by atoms with Gasteiger partial charge in [0.2, 0.25) is 5.75 Å². The van der Waals surface area contributed by atoms with Crippen LogP contribution in [-0.2, 0) is 6.61 Å². The van der Waals surface area contributed by atoms with E-state index < -0.39 is 29.3 Å². The molecule has 0 fully saturated rings. The van der Waals surface area contributed by atoms with E-state index in [0.29, 0.717) is 6.20 Å². The molecule has 17 heavy (non-hydrogen) atoms. The fourth-order valence-corrected chi connectivity index (χ4v) is 1.16. The average molecular weight is 252 g/mol. The van der Waals surface area contributed by atoms with Gasteiger partial charge in [-0.3, -0.25) is 15.1 Å². The van der Waals surface area contributed by atoms with Crippen molar-refractivity contribution in [1.82, 2.24) is 4.98 Å². The Labute approximate surface area is 92.8 Å². The van der Waals surface area contributed by atoms with Crippen molar-refractivity contribution in [3.05, 3.63) is 27.6 Å². The van der Waals surface area contributed by atoms with Crippen LogP contribution in [0.25, 0.3) is 0 Å². The predicted molar refractivity (Wildman–Crippen MR) is 48.2 cm³/mol. The topological polar surface area (TPSA) is 85.5 Å². The summed E-state index contributed by atoms with van der Waals surface area (Å²) in [4.78, 5) is 13.0. The number of nitro groups is 1. The van der Waals surface area contributed by atoms with Gasteiger partial charge in [-0.2, -0.15) is 0 Å². The normalized spacial score (nSPS) is 11.4. The molecule has 1 rings (SSSR count). The Hall–Kier alpha value is -1.90. The van der Waals surface area contributed by atoms with Crippen molar-refractivity contribution < 1.29 is 27.9 Å². The van der Waals surface area contributed by atoms with Crippen LogP contribution in [0.1, 0.15) is 11.3 Å². The fraction of sp³-hybridized carbons (Fsp3) is 0.375. The van der Waals surface area contributed by atoms with Gasteiger partial charge in [-0.05, 0) is 6.92 Å². The first-order chi connectivity index (χ1) is 7.76. The highest BCUT2D eigenvalue weighted by Gasteiger charge is 2.36. The second kappa shape index (κ2) is 4.53. The first kappa shape index (κ1) is 13.2. The Morgan fingerprint density at radius 2 is 2.18 bits per heavy atom. The third kappa shape index (κ3) is 3.03. The van der Waals surface area contributed by atoms with Gasteiger partial charge >= 0.3 is 12.0 Å². The van der Waals surface area contributed by atoms with Crippen molar-refractivity contribution in [2.45, 2.75) is 19.9 Å². The van der Waals surface area contributed by atoms with Crippen LogP contribution >= 0.6 is 0 Å². The number of aryl methyl sites for hydroxylation is 1. The van der Waals surface area contributed by atoms with Crippen molar-refractivity contribution in [3.8, 4) is 5.75 Å². The lowest BCUT2D eigenvalue weighted by molar-refractivity contribution is -0.389. The minimum atomic E-state index is -5.08. The zero-order chi connectivity index (χ0) is 13.2. The van der Waals surface area contributed by atoms with Crippen LogP contribution in [0.4, 0.5) is 18.9 Å². The summed E-state index contributed by atoms with van der Waals surface area (Å²) in [5.74, 6) is -1.03. The molecule has 0 bridgehead atoms. The Morgan fingerprint density at radius 3 is 2.59 bits per heavy atom. The standard InChI is InChI=1S/C8H7F3N2O4/c1-4-5(3-14)7(17-8(9,10)11)6(2-12-4)13(15)16/h2,14H,3H2,1H3. The van der Waals surface area contributed by atoms with Crippen LogP contribution in [0.3, 0.4) is 0 Å². The van der Waals surface area contributed by atoms with Gasteiger partial charge in [0.25, 0.3) is 0 Å². The summed E-state index contributed by atoms with van der Waals surface area (Å²) in [6.07, 6.45) is -4.43. The molecule has 1 N–H and O–H groups in total. The molecule has 0 spiro atoms. The second-order valence-electron chi connectivity index (χ2n) is 3.00. The number of alkyl halides is 3. The van der Waals surface area contributed by atoms with Crippen molar-refractivity contribution in [2.24, 2.45) is 0 Å². The minimum Gasteiger partial charge on any atom is -0.398 e. The summed E-state index contributed by atoms with van der Waals surface area (Å²) in [7, 11) is 0. The van der Waals surface area contributed by atoms with Crippen molar-refractivity contribution >= 4 is 5.69 Å². The summed E-state index contributed by atoms with van der Waals surface area (Å²) in [6.45, 7) is 0.463. The van der Waals surface area contributed by atoms with E-state index in [0.717, 1.165) is 0 Å². The van der Waals surface area contributed by atoms with Gasteiger partial charge in [0.15, 0.2) is 0 Å². The molecule has 0 radical (unpaired) electrons. The highest BCUT2D eigenvalue weighted by Crippen LogP contribution is 2.35. The molecule has 0 aliphatic rings. The molecule has 9 heteroatoms. The molecule has 1 aromatic heterocycles. The summed E-state index contributed by atoms with van der Waals surface area (Å²) >= 11 is 0. The summed E-state index contributed by atoms with van der Waals surface area (Å²) in [6, 6.07) is 0. The fourth-order valence-electron chi connectivity index (χ4n) is 1.16. The Bertz CT molecular complexity index is 447. The molecule has 6 nitrogen and oxygen atoms in total. The lowest BCUT2D eigenvalue weighted by Crippen LogP contribution is -2.19. The quantitative estimate of drug-likeness (QED) is 0.653. The molecule has 0 atom stereocenters. The maximum atomic E-state index is 12.1. The summed E-state index contributed by atoms with van der Waals surface area (Å²) in [5, 5.41) is 19.4. The molecule has 0 unspecified atom stereocenters. The first-order valence-corrected chi connectivity index (χ1v) is 4.25. The zero-order valence-electron chi connectivity index (χ0n) is 8.48. The predicted octanol–water partition coefficient (Wildman–Crippen LogP) is 1.69. The number of hydrogen-bond donors (Lipinski definition) is 1. The highest BCUT2D eigenvalue weighted by molar-refractivity contribution is 5.51. The Kier molecular flexibility index (Phi) is 3.51. The van der Waals surface area contributed by atoms with Crippen LogP contribution < -0.4 is 4.74 Å². The highest BCUT2D eigenvalue weighted by atomic mass is 19.4. The lowest BCUT2D eigenvalue weighted by atomic mass is 10.2. The average Bonchev–Trinajstić information content (AvgIpc) is 2.15. The lowest BCUT2D eigenvalue weighted by Gasteiger charge is -2.13. The molecule has 94 valence electrons. The van der Waals surface area contributed by atoms with Gasteiger partial charge in [0.1, 0.15) is 6.20 Å². The summed E-state index contributed by atoms with van der Waals surface area (Å²) < 4.78 is 39.8. The maximum absolute atomic E-state index is 12.1. The van der Waals surface area contributed by atoms with Crippen LogP contribution in [0.2, 0.25) is 0 Å². The molecule has 1 aromatic rings. The number of aliphatic hydroxyl groups is 1. The first-order valence-electron chi connectivity index (χ1n) is 4.25. The second-order valence-corrected chi connectivity index (χ2v) is 3.00. The van der Waals surface area contributed by atoms with Crippen LogP contribution in [0, 0.1) is 17.0 Å². The molecule has 0 aliphatic heterocycles. The van der Waals surface area contributed by atoms with Crippen molar-refractivity contribution in [1.29, 1.82) is 0 Å². The number of pyridine rings is 1. The van der Waals surface area contributed by atoms with E-state index >= 15 is 0 Å². The third-order valence-corrected chi connectivity index (χ3v) is 1.90. The molecule has 0 amide bonds. The minimum absolute atomic E-state index is 0.0253. The largest absolute Gasteiger partial charge is 0.573 e. The number of hydrogen-bond acceptors (Lipinski definition) is 5. The van der Waals surface area contributed by atoms with Gasteiger partial charge in [0, 0.05) is 11.3 Å². The number of rotatable bonds is 3. The Morgan fingerprint density at radius 1 is 1.59 bits per heavy atom. The monoisotopic (exact) mass is 252 g/mol. The van der Waals surface area contributed by atoms with Gasteiger partial charge in [-0.15, -0.1) is 13.2 Å². The third-order valence-electron chi connectivity index (χ3n) is 1.90. The number of aliphatic hydroxyl groups excluding tert-OH is 1. The molecular weight excluding hydrogens is 245 g/mol. The van der Waals surface area contributed by atoms with E-state index in [1.54, 1.807) is 0 Å². The number of nitrogens with zero attached hydrogens (tertiary/aromatic N) is 2. The smallest absolute Gasteiger partial charge is 0.398 e.